The summed E-state index contributed by atoms with van der Waals surface area (Å²) in [6.45, 7) is 2.33. The summed E-state index contributed by atoms with van der Waals surface area (Å²) in [6, 6.07) is 0. The Labute approximate surface area is 91.1 Å². The van der Waals surface area contributed by atoms with Gasteiger partial charge in [-0.05, 0) is 40.0 Å². The number of aliphatic hydroxyl groups is 1. The minimum atomic E-state index is -0.860. The molecular weight excluding hydrogens is 196 g/mol. The predicted molar refractivity (Wildman–Crippen MR) is 58.9 cm³/mol. The molecule has 15 heavy (non-hydrogen) atoms. The van der Waals surface area contributed by atoms with Crippen LogP contribution < -0.4 is 5.32 Å². The van der Waals surface area contributed by atoms with Crippen molar-refractivity contribution in [2.24, 2.45) is 0 Å². The highest BCUT2D eigenvalue weighted by molar-refractivity contribution is 5.66. The first-order valence-electron chi connectivity index (χ1n) is 5.27. The Hall–Kier alpha value is -0.650. The zero-order valence-corrected chi connectivity index (χ0v) is 9.57. The third-order valence-corrected chi connectivity index (χ3v) is 2.03. The molecule has 0 heterocycles. The minimum Gasteiger partial charge on any atom is -0.481 e. The normalized spacial score (nSPS) is 13.1. The maximum atomic E-state index is 10.2. The molecule has 0 radical (unpaired) electrons. The fourth-order valence-electron chi connectivity index (χ4n) is 1.18. The van der Waals surface area contributed by atoms with E-state index in [9.17, 15) is 9.90 Å². The standard InChI is InChI=1S/C10H22N2O3/c1-12(2)7-3-6-11-8-9(13)4-5-10(14)15/h9,11,13H,3-8H2,1-2H3,(H,14,15). The van der Waals surface area contributed by atoms with E-state index in [2.05, 4.69) is 10.2 Å². The van der Waals surface area contributed by atoms with Gasteiger partial charge < -0.3 is 20.4 Å². The van der Waals surface area contributed by atoms with Gasteiger partial charge in [-0.3, -0.25) is 4.79 Å². The molecular formula is C10H22N2O3. The summed E-state index contributed by atoms with van der Waals surface area (Å²) in [4.78, 5) is 12.3. The summed E-state index contributed by atoms with van der Waals surface area (Å²) < 4.78 is 0. The second-order valence-corrected chi connectivity index (χ2v) is 3.95. The van der Waals surface area contributed by atoms with Gasteiger partial charge >= 0.3 is 5.97 Å². The van der Waals surface area contributed by atoms with E-state index in [1.165, 1.54) is 0 Å². The molecule has 5 heteroatoms. The second kappa shape index (κ2) is 8.64. The number of carbonyl (C=O) groups is 1. The maximum absolute atomic E-state index is 10.2. The Morgan fingerprint density at radius 3 is 2.67 bits per heavy atom. The Kier molecular flexibility index (Phi) is 8.27. The molecule has 0 saturated carbocycles. The Morgan fingerprint density at radius 1 is 1.47 bits per heavy atom. The van der Waals surface area contributed by atoms with Crippen LogP contribution in [0.25, 0.3) is 0 Å². The van der Waals surface area contributed by atoms with E-state index in [4.69, 9.17) is 5.11 Å². The number of hydrogen-bond donors (Lipinski definition) is 3. The van der Waals surface area contributed by atoms with E-state index < -0.39 is 12.1 Å². The molecule has 1 unspecified atom stereocenters. The predicted octanol–water partition coefficient (Wildman–Crippen LogP) is -0.247. The lowest BCUT2D eigenvalue weighted by Crippen LogP contribution is -2.29. The summed E-state index contributed by atoms with van der Waals surface area (Å²) in [5.41, 5.74) is 0. The van der Waals surface area contributed by atoms with Gasteiger partial charge in [-0.2, -0.15) is 0 Å². The number of carboxylic acid groups (broad SMARTS) is 1. The minimum absolute atomic E-state index is 0.0283. The van der Waals surface area contributed by atoms with Crippen LogP contribution in [0.1, 0.15) is 19.3 Å². The van der Waals surface area contributed by atoms with Crippen LogP contribution in [0.15, 0.2) is 0 Å². The van der Waals surface area contributed by atoms with Crippen molar-refractivity contribution in [3.8, 4) is 0 Å². The molecule has 0 amide bonds. The number of rotatable bonds is 9. The molecule has 0 bridgehead atoms. The number of nitrogens with zero attached hydrogens (tertiary/aromatic N) is 1. The van der Waals surface area contributed by atoms with Gasteiger partial charge in [0.05, 0.1) is 6.10 Å². The highest BCUT2D eigenvalue weighted by atomic mass is 16.4. The van der Waals surface area contributed by atoms with Crippen LogP contribution in [0.5, 0.6) is 0 Å². The summed E-state index contributed by atoms with van der Waals surface area (Å²) in [5.74, 6) is -0.860. The number of nitrogens with one attached hydrogen (secondary N) is 1. The fraction of sp³-hybridized carbons (Fsp3) is 0.900. The van der Waals surface area contributed by atoms with Crippen LogP contribution >= 0.6 is 0 Å². The first kappa shape index (κ1) is 14.3. The van der Waals surface area contributed by atoms with Crippen molar-refractivity contribution in [2.45, 2.75) is 25.4 Å². The smallest absolute Gasteiger partial charge is 0.303 e. The summed E-state index contributed by atoms with van der Waals surface area (Å²) in [6.07, 6.45) is 0.815. The molecule has 0 saturated heterocycles. The molecule has 1 atom stereocenters. The van der Waals surface area contributed by atoms with Gasteiger partial charge in [0.1, 0.15) is 0 Å². The van der Waals surface area contributed by atoms with E-state index in [-0.39, 0.29) is 6.42 Å². The van der Waals surface area contributed by atoms with Crippen LogP contribution in [-0.4, -0.2) is 60.9 Å². The number of aliphatic hydroxyl groups excluding tert-OH is 1. The van der Waals surface area contributed by atoms with Crippen molar-refractivity contribution >= 4 is 5.97 Å². The molecule has 0 fully saturated rings. The van der Waals surface area contributed by atoms with Gasteiger partial charge in [0.25, 0.3) is 0 Å². The Bertz CT molecular complexity index is 174. The first-order chi connectivity index (χ1) is 7.02. The summed E-state index contributed by atoms with van der Waals surface area (Å²) in [7, 11) is 4.03. The van der Waals surface area contributed by atoms with Gasteiger partial charge in [0.2, 0.25) is 0 Å². The molecule has 90 valence electrons. The highest BCUT2D eigenvalue weighted by Crippen LogP contribution is 1.95. The van der Waals surface area contributed by atoms with Gasteiger partial charge in [0, 0.05) is 13.0 Å². The average molecular weight is 218 g/mol. The second-order valence-electron chi connectivity index (χ2n) is 3.95. The van der Waals surface area contributed by atoms with Crippen LogP contribution in [0.2, 0.25) is 0 Å². The quantitative estimate of drug-likeness (QED) is 0.466. The van der Waals surface area contributed by atoms with Crippen molar-refractivity contribution in [1.29, 1.82) is 0 Å². The molecule has 0 aromatic rings. The van der Waals surface area contributed by atoms with E-state index >= 15 is 0 Å². The van der Waals surface area contributed by atoms with Gasteiger partial charge in [0.15, 0.2) is 0 Å². The molecule has 3 N–H and O–H groups in total. The Morgan fingerprint density at radius 2 is 2.13 bits per heavy atom. The lowest BCUT2D eigenvalue weighted by atomic mass is 10.2. The molecule has 0 spiro atoms. The highest BCUT2D eigenvalue weighted by Gasteiger charge is 2.06. The fourth-order valence-corrected chi connectivity index (χ4v) is 1.18. The lowest BCUT2D eigenvalue weighted by Gasteiger charge is -2.12. The first-order valence-corrected chi connectivity index (χ1v) is 5.27. The zero-order valence-electron chi connectivity index (χ0n) is 9.57. The molecule has 0 aliphatic rings. The van der Waals surface area contributed by atoms with E-state index in [1.54, 1.807) is 0 Å². The van der Waals surface area contributed by atoms with E-state index in [1.807, 2.05) is 14.1 Å². The van der Waals surface area contributed by atoms with Crippen LogP contribution in [0.3, 0.4) is 0 Å². The molecule has 0 aliphatic carbocycles. The van der Waals surface area contributed by atoms with E-state index in [0.717, 1.165) is 19.5 Å². The number of carboxylic acids is 1. The van der Waals surface area contributed by atoms with Crippen LogP contribution in [0, 0.1) is 0 Å². The monoisotopic (exact) mass is 218 g/mol. The third kappa shape index (κ3) is 11.3. The third-order valence-electron chi connectivity index (χ3n) is 2.03. The van der Waals surface area contributed by atoms with Gasteiger partial charge in [-0.25, -0.2) is 0 Å². The SMILES string of the molecule is CN(C)CCCNCC(O)CCC(=O)O. The van der Waals surface area contributed by atoms with E-state index in [0.29, 0.717) is 13.0 Å². The molecule has 5 nitrogen and oxygen atoms in total. The van der Waals surface area contributed by atoms with Crippen LogP contribution in [-0.2, 0) is 4.79 Å². The van der Waals surface area contributed by atoms with Gasteiger partial charge in [-0.1, -0.05) is 0 Å². The van der Waals surface area contributed by atoms with Crippen molar-refractivity contribution in [2.75, 3.05) is 33.7 Å². The number of aliphatic carboxylic acids is 1. The largest absolute Gasteiger partial charge is 0.481 e. The summed E-state index contributed by atoms with van der Waals surface area (Å²) >= 11 is 0. The van der Waals surface area contributed by atoms with Crippen molar-refractivity contribution in [3.05, 3.63) is 0 Å². The van der Waals surface area contributed by atoms with Crippen molar-refractivity contribution in [3.63, 3.8) is 0 Å². The molecule has 0 aromatic carbocycles. The molecule has 0 rings (SSSR count). The molecule has 0 aromatic heterocycles. The summed E-state index contributed by atoms with van der Waals surface area (Å²) in [5, 5.41) is 20.9. The van der Waals surface area contributed by atoms with Crippen molar-refractivity contribution < 1.29 is 15.0 Å². The van der Waals surface area contributed by atoms with Gasteiger partial charge in [-0.15, -0.1) is 0 Å². The topological polar surface area (TPSA) is 72.8 Å². The maximum Gasteiger partial charge on any atom is 0.303 e. The lowest BCUT2D eigenvalue weighted by molar-refractivity contribution is -0.137. The Balaban J connectivity index is 3.23. The van der Waals surface area contributed by atoms with Crippen molar-refractivity contribution in [1.82, 2.24) is 10.2 Å². The number of hydrogen-bond acceptors (Lipinski definition) is 4. The molecule has 0 aliphatic heterocycles. The average Bonchev–Trinajstić information content (AvgIpc) is 2.13. The zero-order chi connectivity index (χ0) is 11.7. The van der Waals surface area contributed by atoms with Crippen LogP contribution in [0.4, 0.5) is 0 Å².